The van der Waals surface area contributed by atoms with E-state index >= 15 is 0 Å². The summed E-state index contributed by atoms with van der Waals surface area (Å²) in [6, 6.07) is 7.30. The van der Waals surface area contributed by atoms with Crippen LogP contribution in [0.1, 0.15) is 43.5 Å². The first-order valence-corrected chi connectivity index (χ1v) is 6.72. The standard InChI is InChI=1S/C14H18ClNO3/c1-2-13(17)16-11-8-6-10(7-9-11)12(15)4-3-5-14(18)19/h6-9,12H,2-5H2,1H3,(H,16,17)(H,18,19). The minimum absolute atomic E-state index is 0.0309. The number of alkyl halides is 1. The van der Waals surface area contributed by atoms with Gasteiger partial charge in [-0.15, -0.1) is 11.6 Å². The maximum absolute atomic E-state index is 11.2. The summed E-state index contributed by atoms with van der Waals surface area (Å²) in [6.07, 6.45) is 1.75. The molecule has 0 radical (unpaired) electrons. The predicted molar refractivity (Wildman–Crippen MR) is 75.4 cm³/mol. The molecule has 1 atom stereocenters. The average molecular weight is 284 g/mol. The molecule has 5 heteroatoms. The number of nitrogens with one attached hydrogen (secondary N) is 1. The van der Waals surface area contributed by atoms with Crippen molar-refractivity contribution >= 4 is 29.2 Å². The van der Waals surface area contributed by atoms with E-state index in [9.17, 15) is 9.59 Å². The number of carbonyl (C=O) groups is 2. The SMILES string of the molecule is CCC(=O)Nc1ccc(C(Cl)CCCC(=O)O)cc1. The lowest BCUT2D eigenvalue weighted by atomic mass is 10.1. The number of carboxylic acids is 1. The Kier molecular flexibility index (Phi) is 6.36. The molecule has 0 saturated heterocycles. The third kappa shape index (κ3) is 5.75. The zero-order chi connectivity index (χ0) is 14.3. The lowest BCUT2D eigenvalue weighted by Crippen LogP contribution is -2.09. The molecule has 1 amide bonds. The maximum Gasteiger partial charge on any atom is 0.303 e. The summed E-state index contributed by atoms with van der Waals surface area (Å²) in [4.78, 5) is 21.6. The van der Waals surface area contributed by atoms with Crippen molar-refractivity contribution in [1.82, 2.24) is 0 Å². The lowest BCUT2D eigenvalue weighted by molar-refractivity contribution is -0.137. The Morgan fingerprint density at radius 1 is 1.32 bits per heavy atom. The zero-order valence-corrected chi connectivity index (χ0v) is 11.6. The number of amides is 1. The van der Waals surface area contributed by atoms with Crippen LogP contribution in [0.5, 0.6) is 0 Å². The highest BCUT2D eigenvalue weighted by molar-refractivity contribution is 6.20. The van der Waals surface area contributed by atoms with Crippen LogP contribution in [-0.4, -0.2) is 17.0 Å². The van der Waals surface area contributed by atoms with Gasteiger partial charge in [0.1, 0.15) is 0 Å². The number of aliphatic carboxylic acids is 1. The second kappa shape index (κ2) is 7.79. The Morgan fingerprint density at radius 2 is 1.95 bits per heavy atom. The molecule has 0 saturated carbocycles. The predicted octanol–water partition coefficient (Wildman–Crippen LogP) is 3.57. The first-order valence-electron chi connectivity index (χ1n) is 6.28. The van der Waals surface area contributed by atoms with E-state index in [-0.39, 0.29) is 17.7 Å². The molecular weight excluding hydrogens is 266 g/mol. The number of anilines is 1. The number of hydrogen-bond acceptors (Lipinski definition) is 2. The van der Waals surface area contributed by atoms with Crippen molar-refractivity contribution in [2.24, 2.45) is 0 Å². The number of rotatable bonds is 7. The lowest BCUT2D eigenvalue weighted by Gasteiger charge is -2.10. The fourth-order valence-corrected chi connectivity index (χ4v) is 1.92. The molecule has 0 aromatic heterocycles. The van der Waals surface area contributed by atoms with Gasteiger partial charge in [0.05, 0.1) is 5.38 Å². The molecule has 0 fully saturated rings. The number of halogens is 1. The van der Waals surface area contributed by atoms with E-state index in [4.69, 9.17) is 16.7 Å². The van der Waals surface area contributed by atoms with E-state index in [0.29, 0.717) is 19.3 Å². The quantitative estimate of drug-likeness (QED) is 0.752. The molecule has 0 spiro atoms. The Balaban J connectivity index is 2.50. The average Bonchev–Trinajstić information content (AvgIpc) is 2.38. The molecule has 1 aromatic rings. The number of benzene rings is 1. The largest absolute Gasteiger partial charge is 0.481 e. The third-order valence-electron chi connectivity index (χ3n) is 2.73. The fraction of sp³-hybridized carbons (Fsp3) is 0.429. The van der Waals surface area contributed by atoms with Gasteiger partial charge in [0, 0.05) is 18.5 Å². The van der Waals surface area contributed by atoms with Crippen LogP contribution in [0.4, 0.5) is 5.69 Å². The van der Waals surface area contributed by atoms with Gasteiger partial charge < -0.3 is 10.4 Å². The van der Waals surface area contributed by atoms with Gasteiger partial charge in [-0.25, -0.2) is 0 Å². The van der Waals surface area contributed by atoms with Crippen molar-refractivity contribution in [3.63, 3.8) is 0 Å². The molecular formula is C14H18ClNO3. The van der Waals surface area contributed by atoms with Crippen molar-refractivity contribution in [1.29, 1.82) is 0 Å². The van der Waals surface area contributed by atoms with Crippen molar-refractivity contribution in [2.75, 3.05) is 5.32 Å². The molecule has 0 heterocycles. The summed E-state index contributed by atoms with van der Waals surface area (Å²) in [5, 5.41) is 11.1. The fourth-order valence-electron chi connectivity index (χ4n) is 1.62. The van der Waals surface area contributed by atoms with E-state index in [1.54, 1.807) is 19.1 Å². The zero-order valence-electron chi connectivity index (χ0n) is 10.9. The van der Waals surface area contributed by atoms with E-state index in [2.05, 4.69) is 5.32 Å². The van der Waals surface area contributed by atoms with Gasteiger partial charge in [-0.1, -0.05) is 19.1 Å². The summed E-state index contributed by atoms with van der Waals surface area (Å²) < 4.78 is 0. The third-order valence-corrected chi connectivity index (χ3v) is 3.20. The maximum atomic E-state index is 11.2. The smallest absolute Gasteiger partial charge is 0.303 e. The van der Waals surface area contributed by atoms with E-state index in [1.165, 1.54) is 0 Å². The van der Waals surface area contributed by atoms with Crippen molar-refractivity contribution in [3.05, 3.63) is 29.8 Å². The van der Waals surface area contributed by atoms with Crippen molar-refractivity contribution in [2.45, 2.75) is 38.0 Å². The van der Waals surface area contributed by atoms with Crippen LogP contribution in [0.2, 0.25) is 0 Å². The molecule has 4 nitrogen and oxygen atoms in total. The monoisotopic (exact) mass is 283 g/mol. The summed E-state index contributed by atoms with van der Waals surface area (Å²) in [6.45, 7) is 1.79. The van der Waals surface area contributed by atoms with Crippen LogP contribution >= 0.6 is 11.6 Å². The van der Waals surface area contributed by atoms with Crippen molar-refractivity contribution < 1.29 is 14.7 Å². The number of hydrogen-bond donors (Lipinski definition) is 2. The highest BCUT2D eigenvalue weighted by Gasteiger charge is 2.09. The van der Waals surface area contributed by atoms with Crippen LogP contribution in [0, 0.1) is 0 Å². The van der Waals surface area contributed by atoms with Gasteiger partial charge in [0.2, 0.25) is 5.91 Å². The topological polar surface area (TPSA) is 66.4 Å². The first-order chi connectivity index (χ1) is 9.02. The van der Waals surface area contributed by atoms with Crippen LogP contribution in [0.25, 0.3) is 0 Å². The Labute approximate surface area is 117 Å². The molecule has 1 aromatic carbocycles. The van der Waals surface area contributed by atoms with Crippen LogP contribution in [-0.2, 0) is 9.59 Å². The molecule has 0 aliphatic rings. The molecule has 2 N–H and O–H groups in total. The molecule has 19 heavy (non-hydrogen) atoms. The Hall–Kier alpha value is -1.55. The van der Waals surface area contributed by atoms with E-state index in [1.807, 2.05) is 12.1 Å². The second-order valence-electron chi connectivity index (χ2n) is 4.28. The van der Waals surface area contributed by atoms with Gasteiger partial charge in [0.25, 0.3) is 0 Å². The Morgan fingerprint density at radius 3 is 2.47 bits per heavy atom. The molecule has 1 rings (SSSR count). The normalized spacial score (nSPS) is 11.9. The summed E-state index contributed by atoms with van der Waals surface area (Å²) in [5.41, 5.74) is 1.67. The summed E-state index contributed by atoms with van der Waals surface area (Å²) in [7, 11) is 0. The highest BCUT2D eigenvalue weighted by Crippen LogP contribution is 2.27. The van der Waals surface area contributed by atoms with E-state index in [0.717, 1.165) is 11.3 Å². The van der Waals surface area contributed by atoms with Gasteiger partial charge >= 0.3 is 5.97 Å². The summed E-state index contributed by atoms with van der Waals surface area (Å²) in [5.74, 6) is -0.835. The second-order valence-corrected chi connectivity index (χ2v) is 4.80. The van der Waals surface area contributed by atoms with Gasteiger partial charge in [-0.3, -0.25) is 9.59 Å². The summed E-state index contributed by atoms with van der Waals surface area (Å²) >= 11 is 6.19. The van der Waals surface area contributed by atoms with Gasteiger partial charge in [-0.05, 0) is 30.5 Å². The Bertz CT molecular complexity index is 431. The highest BCUT2D eigenvalue weighted by atomic mass is 35.5. The molecule has 0 aliphatic carbocycles. The van der Waals surface area contributed by atoms with E-state index < -0.39 is 5.97 Å². The van der Waals surface area contributed by atoms with Crippen LogP contribution < -0.4 is 5.32 Å². The van der Waals surface area contributed by atoms with Crippen LogP contribution in [0.3, 0.4) is 0 Å². The van der Waals surface area contributed by atoms with Crippen molar-refractivity contribution in [3.8, 4) is 0 Å². The number of carboxylic acid groups (broad SMARTS) is 1. The van der Waals surface area contributed by atoms with Gasteiger partial charge in [0.15, 0.2) is 0 Å². The molecule has 104 valence electrons. The molecule has 0 aliphatic heterocycles. The molecule has 0 bridgehead atoms. The minimum atomic E-state index is -0.804. The minimum Gasteiger partial charge on any atom is -0.481 e. The van der Waals surface area contributed by atoms with Gasteiger partial charge in [-0.2, -0.15) is 0 Å². The van der Waals surface area contributed by atoms with Crippen LogP contribution in [0.15, 0.2) is 24.3 Å². The first kappa shape index (κ1) is 15.5. The molecule has 1 unspecified atom stereocenters. The number of carbonyl (C=O) groups excluding carboxylic acids is 1.